The number of nitrogens with zero attached hydrogens (tertiary/aromatic N) is 3. The zero-order chi connectivity index (χ0) is 18.1. The van der Waals surface area contributed by atoms with Gasteiger partial charge in [-0.1, -0.05) is 44.2 Å². The summed E-state index contributed by atoms with van der Waals surface area (Å²) in [4.78, 5) is 24.2. The molecule has 26 heavy (non-hydrogen) atoms. The second-order valence-electron chi connectivity index (χ2n) is 6.93. The molecule has 1 atom stereocenters. The predicted octanol–water partition coefficient (Wildman–Crippen LogP) is 4.33. The summed E-state index contributed by atoms with van der Waals surface area (Å²) >= 11 is 0. The number of carbonyl (C=O) groups excluding carboxylic acids is 1. The molecule has 0 N–H and O–H groups in total. The number of pyridine rings is 2. The summed E-state index contributed by atoms with van der Waals surface area (Å²) in [5, 5.41) is 0.893. The van der Waals surface area contributed by atoms with E-state index in [-0.39, 0.29) is 11.9 Å². The number of rotatable bonds is 3. The minimum atomic E-state index is 0.0580. The van der Waals surface area contributed by atoms with Crippen molar-refractivity contribution in [2.75, 3.05) is 6.54 Å². The Morgan fingerprint density at radius 2 is 1.92 bits per heavy atom. The van der Waals surface area contributed by atoms with Crippen molar-refractivity contribution >= 4 is 16.8 Å². The van der Waals surface area contributed by atoms with E-state index in [9.17, 15) is 4.79 Å². The van der Waals surface area contributed by atoms with Gasteiger partial charge in [-0.2, -0.15) is 0 Å². The second kappa shape index (κ2) is 6.71. The Bertz CT molecular complexity index is 979. The minimum absolute atomic E-state index is 0.0580. The maximum absolute atomic E-state index is 13.4. The van der Waals surface area contributed by atoms with E-state index in [1.54, 1.807) is 12.4 Å². The molecule has 4 nitrogen and oxygen atoms in total. The number of para-hydroxylation sites is 1. The summed E-state index contributed by atoms with van der Waals surface area (Å²) in [5.41, 5.74) is 3.29. The van der Waals surface area contributed by atoms with Gasteiger partial charge in [0, 0.05) is 29.9 Å². The van der Waals surface area contributed by atoms with Gasteiger partial charge >= 0.3 is 0 Å². The summed E-state index contributed by atoms with van der Waals surface area (Å²) in [6.07, 6.45) is 7.70. The largest absolute Gasteiger partial charge is 0.328 e. The molecule has 0 fully saturated rings. The molecule has 3 heterocycles. The molecule has 0 aliphatic carbocycles. The molecule has 0 bridgehead atoms. The van der Waals surface area contributed by atoms with Gasteiger partial charge in [-0.15, -0.1) is 0 Å². The fourth-order valence-corrected chi connectivity index (χ4v) is 3.52. The van der Waals surface area contributed by atoms with Crippen molar-refractivity contribution < 1.29 is 4.79 Å². The third kappa shape index (κ3) is 2.88. The van der Waals surface area contributed by atoms with Crippen molar-refractivity contribution in [3.05, 3.63) is 72.6 Å². The standard InChI is InChI=1S/C22H21N3O/c1-15(2)21-8-5-13-25(21)22(26)18-14-20(16-9-11-23-12-10-16)24-19-7-4-3-6-17(18)19/h3-12,14-15,21H,13H2,1-2H3. The smallest absolute Gasteiger partial charge is 0.255 e. The lowest BCUT2D eigenvalue weighted by Crippen LogP contribution is -2.39. The average Bonchev–Trinajstić information content (AvgIpc) is 3.17. The molecule has 4 heteroatoms. The number of carbonyl (C=O) groups is 1. The second-order valence-corrected chi connectivity index (χ2v) is 6.93. The van der Waals surface area contributed by atoms with E-state index in [0.29, 0.717) is 18.0 Å². The van der Waals surface area contributed by atoms with Crippen LogP contribution < -0.4 is 0 Å². The molecule has 0 spiro atoms. The molecule has 0 radical (unpaired) electrons. The molecular weight excluding hydrogens is 322 g/mol. The Hall–Kier alpha value is -3.01. The fourth-order valence-electron chi connectivity index (χ4n) is 3.52. The van der Waals surface area contributed by atoms with E-state index < -0.39 is 0 Å². The van der Waals surface area contributed by atoms with Gasteiger partial charge in [0.15, 0.2) is 0 Å². The Kier molecular flexibility index (Phi) is 4.25. The van der Waals surface area contributed by atoms with Crippen LogP contribution in [-0.4, -0.2) is 33.4 Å². The quantitative estimate of drug-likeness (QED) is 0.665. The maximum atomic E-state index is 13.4. The summed E-state index contributed by atoms with van der Waals surface area (Å²) in [6, 6.07) is 13.7. The molecule has 1 unspecified atom stereocenters. The van der Waals surface area contributed by atoms with Gasteiger partial charge in [0.2, 0.25) is 0 Å². The van der Waals surface area contributed by atoms with Crippen molar-refractivity contribution in [2.24, 2.45) is 5.92 Å². The molecule has 1 aliphatic rings. The summed E-state index contributed by atoms with van der Waals surface area (Å²) in [7, 11) is 0. The first-order valence-corrected chi connectivity index (χ1v) is 8.93. The molecule has 1 amide bonds. The molecule has 0 saturated carbocycles. The first kappa shape index (κ1) is 16.5. The van der Waals surface area contributed by atoms with Crippen LogP contribution in [0.15, 0.2) is 67.0 Å². The van der Waals surface area contributed by atoms with Gasteiger partial charge in [0.25, 0.3) is 5.91 Å². The fraction of sp³-hybridized carbons (Fsp3) is 0.227. The Labute approximate surface area is 153 Å². The molecule has 3 aromatic rings. The van der Waals surface area contributed by atoms with E-state index in [1.165, 1.54) is 0 Å². The van der Waals surface area contributed by atoms with Gasteiger partial charge in [-0.3, -0.25) is 9.78 Å². The van der Waals surface area contributed by atoms with Crippen molar-refractivity contribution in [3.63, 3.8) is 0 Å². The van der Waals surface area contributed by atoms with E-state index >= 15 is 0 Å². The van der Waals surface area contributed by atoms with Crippen LogP contribution in [-0.2, 0) is 0 Å². The molecule has 2 aromatic heterocycles. The van der Waals surface area contributed by atoms with Gasteiger partial charge in [0.1, 0.15) is 0 Å². The third-order valence-electron chi connectivity index (χ3n) is 4.86. The highest BCUT2D eigenvalue weighted by atomic mass is 16.2. The first-order valence-electron chi connectivity index (χ1n) is 8.93. The van der Waals surface area contributed by atoms with E-state index in [2.05, 4.69) is 31.0 Å². The highest BCUT2D eigenvalue weighted by Crippen LogP contribution is 2.28. The van der Waals surface area contributed by atoms with Crippen LogP contribution in [0, 0.1) is 5.92 Å². The van der Waals surface area contributed by atoms with Crippen LogP contribution in [0.4, 0.5) is 0 Å². The maximum Gasteiger partial charge on any atom is 0.255 e. The van der Waals surface area contributed by atoms with E-state index in [0.717, 1.165) is 22.2 Å². The molecule has 130 valence electrons. The molecule has 1 aromatic carbocycles. The molecule has 4 rings (SSSR count). The van der Waals surface area contributed by atoms with Crippen molar-refractivity contribution in [1.82, 2.24) is 14.9 Å². The molecular formula is C22H21N3O. The lowest BCUT2D eigenvalue weighted by molar-refractivity contribution is 0.0722. The SMILES string of the molecule is CC(C)C1C=CCN1C(=O)c1cc(-c2ccncc2)nc2ccccc12. The zero-order valence-electron chi connectivity index (χ0n) is 15.0. The van der Waals surface area contributed by atoms with Crippen LogP contribution >= 0.6 is 0 Å². The van der Waals surface area contributed by atoms with Gasteiger partial charge in [0.05, 0.1) is 22.8 Å². The van der Waals surface area contributed by atoms with E-state index in [4.69, 9.17) is 4.98 Å². The van der Waals surface area contributed by atoms with Gasteiger partial charge in [-0.25, -0.2) is 4.98 Å². The number of benzene rings is 1. The number of amides is 1. The number of hydrogen-bond donors (Lipinski definition) is 0. The van der Waals surface area contributed by atoms with Gasteiger partial charge < -0.3 is 4.90 Å². The lowest BCUT2D eigenvalue weighted by atomic mass is 10.0. The third-order valence-corrected chi connectivity index (χ3v) is 4.86. The normalized spacial score (nSPS) is 16.6. The summed E-state index contributed by atoms with van der Waals surface area (Å²) in [6.45, 7) is 4.95. The molecule has 1 aliphatic heterocycles. The Balaban J connectivity index is 1.84. The number of aromatic nitrogens is 2. The van der Waals surface area contributed by atoms with Crippen LogP contribution in [0.2, 0.25) is 0 Å². The van der Waals surface area contributed by atoms with Crippen molar-refractivity contribution in [2.45, 2.75) is 19.9 Å². The van der Waals surface area contributed by atoms with E-state index in [1.807, 2.05) is 47.4 Å². The number of fused-ring (bicyclic) bond motifs is 1. The topological polar surface area (TPSA) is 46.1 Å². The van der Waals surface area contributed by atoms with Crippen LogP contribution in [0.25, 0.3) is 22.2 Å². The Morgan fingerprint density at radius 3 is 2.69 bits per heavy atom. The summed E-state index contributed by atoms with van der Waals surface area (Å²) in [5.74, 6) is 0.438. The highest BCUT2D eigenvalue weighted by molar-refractivity contribution is 6.07. The van der Waals surface area contributed by atoms with Crippen LogP contribution in [0.5, 0.6) is 0 Å². The predicted molar refractivity (Wildman–Crippen MR) is 104 cm³/mol. The van der Waals surface area contributed by atoms with Crippen LogP contribution in [0.3, 0.4) is 0 Å². The van der Waals surface area contributed by atoms with Crippen molar-refractivity contribution in [1.29, 1.82) is 0 Å². The monoisotopic (exact) mass is 343 g/mol. The average molecular weight is 343 g/mol. The van der Waals surface area contributed by atoms with Crippen LogP contribution in [0.1, 0.15) is 24.2 Å². The van der Waals surface area contributed by atoms with Gasteiger partial charge in [-0.05, 0) is 30.2 Å². The first-order chi connectivity index (χ1) is 12.6. The lowest BCUT2D eigenvalue weighted by Gasteiger charge is -2.28. The zero-order valence-corrected chi connectivity index (χ0v) is 15.0. The summed E-state index contributed by atoms with van der Waals surface area (Å²) < 4.78 is 0. The molecule has 0 saturated heterocycles. The number of hydrogen-bond acceptors (Lipinski definition) is 3. The minimum Gasteiger partial charge on any atom is -0.328 e. The Morgan fingerprint density at radius 1 is 1.15 bits per heavy atom. The highest BCUT2D eigenvalue weighted by Gasteiger charge is 2.29. The van der Waals surface area contributed by atoms with Crippen molar-refractivity contribution in [3.8, 4) is 11.3 Å².